The summed E-state index contributed by atoms with van der Waals surface area (Å²) in [6.07, 6.45) is 0.797. The number of nitrogens with one attached hydrogen (secondary N) is 2. The molecule has 1 aromatic carbocycles. The molecule has 3 aromatic rings. The maximum atomic E-state index is 12.5. The van der Waals surface area contributed by atoms with Crippen LogP contribution in [0, 0.1) is 13.8 Å². The Labute approximate surface area is 171 Å². The predicted molar refractivity (Wildman–Crippen MR) is 108 cm³/mol. The Morgan fingerprint density at radius 1 is 1.28 bits per heavy atom. The second-order valence-electron chi connectivity index (χ2n) is 6.95. The number of hydrogen-bond acceptors (Lipinski definition) is 5. The van der Waals surface area contributed by atoms with Gasteiger partial charge in [-0.2, -0.15) is 0 Å². The van der Waals surface area contributed by atoms with Crippen LogP contribution in [0.1, 0.15) is 22.5 Å². The quantitative estimate of drug-likeness (QED) is 0.662. The van der Waals surface area contributed by atoms with Gasteiger partial charge in [0.2, 0.25) is 5.91 Å². The molecule has 29 heavy (non-hydrogen) atoms. The van der Waals surface area contributed by atoms with E-state index >= 15 is 0 Å². The molecule has 1 aliphatic rings. The minimum atomic E-state index is -0.223. The molecule has 0 radical (unpaired) electrons. The molecule has 0 unspecified atom stereocenters. The Morgan fingerprint density at radius 3 is 2.90 bits per heavy atom. The highest BCUT2D eigenvalue weighted by molar-refractivity contribution is 6.32. The second kappa shape index (κ2) is 7.79. The fraction of sp³-hybridized carbons (Fsp3) is 0.350. The number of H-pyrrole nitrogens is 1. The SMILES string of the molecule is Cc1nc2cc(=O)[nH]n2c(C)c1CC(=O)NCCc1cc(Cl)c2c(c1)OCCO2. The van der Waals surface area contributed by atoms with Crippen LogP contribution in [0.5, 0.6) is 11.5 Å². The number of rotatable bonds is 5. The van der Waals surface area contributed by atoms with Gasteiger partial charge in [0, 0.05) is 29.6 Å². The van der Waals surface area contributed by atoms with E-state index in [1.165, 1.54) is 6.07 Å². The fourth-order valence-corrected chi connectivity index (χ4v) is 3.78. The first-order chi connectivity index (χ1) is 13.9. The van der Waals surface area contributed by atoms with Crippen LogP contribution in [0.2, 0.25) is 5.02 Å². The summed E-state index contributed by atoms with van der Waals surface area (Å²) in [5, 5.41) is 6.13. The second-order valence-corrected chi connectivity index (χ2v) is 7.36. The van der Waals surface area contributed by atoms with Crippen molar-refractivity contribution in [2.75, 3.05) is 19.8 Å². The third-order valence-corrected chi connectivity index (χ3v) is 5.21. The van der Waals surface area contributed by atoms with Crippen LogP contribution < -0.4 is 20.3 Å². The number of nitrogens with zero attached hydrogens (tertiary/aromatic N) is 2. The van der Waals surface area contributed by atoms with E-state index in [9.17, 15) is 9.59 Å². The van der Waals surface area contributed by atoms with Crippen LogP contribution >= 0.6 is 11.6 Å². The van der Waals surface area contributed by atoms with Gasteiger partial charge in [-0.1, -0.05) is 11.6 Å². The largest absolute Gasteiger partial charge is 0.486 e. The van der Waals surface area contributed by atoms with Gasteiger partial charge in [-0.3, -0.25) is 14.7 Å². The number of ether oxygens (including phenoxy) is 2. The number of carbonyl (C=O) groups is 1. The standard InChI is InChI=1S/C20H21ClN4O4/c1-11-14(12(2)25-17(23-11)10-19(27)24-25)9-18(26)22-4-3-13-7-15(21)20-16(8-13)28-5-6-29-20/h7-8,10H,3-6,9H2,1-2H3,(H,22,26)(H,24,27). The van der Waals surface area contributed by atoms with E-state index in [0.717, 1.165) is 22.5 Å². The van der Waals surface area contributed by atoms with Gasteiger partial charge in [-0.15, -0.1) is 0 Å². The molecule has 1 aliphatic heterocycles. The lowest BCUT2D eigenvalue weighted by Gasteiger charge is -2.20. The number of benzene rings is 1. The topological polar surface area (TPSA) is 97.7 Å². The number of fused-ring (bicyclic) bond motifs is 2. The molecule has 3 heterocycles. The molecule has 0 bridgehead atoms. The maximum Gasteiger partial charge on any atom is 0.266 e. The summed E-state index contributed by atoms with van der Waals surface area (Å²) < 4.78 is 12.7. The Hall–Kier alpha value is -3.00. The zero-order valence-electron chi connectivity index (χ0n) is 16.2. The Bertz CT molecular complexity index is 1150. The third-order valence-electron chi connectivity index (χ3n) is 4.93. The first-order valence-electron chi connectivity index (χ1n) is 9.35. The molecule has 0 atom stereocenters. The number of carbonyl (C=O) groups excluding carboxylic acids is 1. The van der Waals surface area contributed by atoms with Crippen molar-refractivity contribution in [1.29, 1.82) is 0 Å². The van der Waals surface area contributed by atoms with Gasteiger partial charge >= 0.3 is 0 Å². The molecular formula is C20H21ClN4O4. The van der Waals surface area contributed by atoms with Crippen molar-refractivity contribution in [3.63, 3.8) is 0 Å². The van der Waals surface area contributed by atoms with E-state index < -0.39 is 0 Å². The number of aryl methyl sites for hydroxylation is 2. The normalized spacial score (nSPS) is 12.9. The highest BCUT2D eigenvalue weighted by Crippen LogP contribution is 2.38. The van der Waals surface area contributed by atoms with Crippen LogP contribution in [0.15, 0.2) is 23.0 Å². The molecule has 0 aliphatic carbocycles. The van der Waals surface area contributed by atoms with E-state index in [1.807, 2.05) is 26.0 Å². The molecular weight excluding hydrogens is 396 g/mol. The summed E-state index contributed by atoms with van der Waals surface area (Å²) in [4.78, 5) is 28.4. The molecule has 2 aromatic heterocycles. The summed E-state index contributed by atoms with van der Waals surface area (Å²) in [7, 11) is 0. The minimum Gasteiger partial charge on any atom is -0.486 e. The molecule has 0 spiro atoms. The molecule has 2 N–H and O–H groups in total. The van der Waals surface area contributed by atoms with Crippen LogP contribution in [-0.2, 0) is 17.6 Å². The Balaban J connectivity index is 1.40. The van der Waals surface area contributed by atoms with Crippen molar-refractivity contribution in [3.05, 3.63) is 56.1 Å². The van der Waals surface area contributed by atoms with Gasteiger partial charge in [0.15, 0.2) is 17.1 Å². The Kier molecular flexibility index (Phi) is 5.19. The highest BCUT2D eigenvalue weighted by atomic mass is 35.5. The van der Waals surface area contributed by atoms with E-state index in [2.05, 4.69) is 15.4 Å². The molecule has 0 saturated carbocycles. The van der Waals surface area contributed by atoms with E-state index in [4.69, 9.17) is 21.1 Å². The summed E-state index contributed by atoms with van der Waals surface area (Å²) in [5.41, 5.74) is 3.60. The van der Waals surface area contributed by atoms with Crippen LogP contribution in [0.25, 0.3) is 5.65 Å². The van der Waals surface area contributed by atoms with Crippen LogP contribution in [0.3, 0.4) is 0 Å². The summed E-state index contributed by atoms with van der Waals surface area (Å²) in [6, 6.07) is 5.15. The van der Waals surface area contributed by atoms with Crippen LogP contribution in [0.4, 0.5) is 0 Å². The van der Waals surface area contributed by atoms with Crippen molar-refractivity contribution in [3.8, 4) is 11.5 Å². The van der Waals surface area contributed by atoms with E-state index in [-0.39, 0.29) is 17.9 Å². The van der Waals surface area contributed by atoms with Gasteiger partial charge in [0.1, 0.15) is 13.2 Å². The van der Waals surface area contributed by atoms with Gasteiger partial charge in [-0.05, 0) is 38.0 Å². The van der Waals surface area contributed by atoms with Crippen molar-refractivity contribution < 1.29 is 14.3 Å². The molecule has 152 valence electrons. The predicted octanol–water partition coefficient (Wildman–Crippen LogP) is 1.97. The van der Waals surface area contributed by atoms with Gasteiger partial charge in [0.25, 0.3) is 5.56 Å². The smallest absolute Gasteiger partial charge is 0.266 e. The van der Waals surface area contributed by atoms with Gasteiger partial charge < -0.3 is 14.8 Å². The number of halogens is 1. The number of aromatic nitrogens is 3. The van der Waals surface area contributed by atoms with Crippen molar-refractivity contribution in [2.45, 2.75) is 26.7 Å². The minimum absolute atomic E-state index is 0.115. The Morgan fingerprint density at radius 2 is 2.07 bits per heavy atom. The maximum absolute atomic E-state index is 12.5. The van der Waals surface area contributed by atoms with Crippen molar-refractivity contribution in [2.24, 2.45) is 0 Å². The monoisotopic (exact) mass is 416 g/mol. The molecule has 1 amide bonds. The fourth-order valence-electron chi connectivity index (χ4n) is 3.49. The number of aromatic amines is 1. The van der Waals surface area contributed by atoms with Gasteiger partial charge in [-0.25, -0.2) is 9.50 Å². The number of hydrogen-bond donors (Lipinski definition) is 2. The first kappa shape index (κ1) is 19.3. The van der Waals surface area contributed by atoms with Crippen molar-refractivity contribution >= 4 is 23.2 Å². The molecule has 9 heteroatoms. The summed E-state index contributed by atoms with van der Waals surface area (Å²) in [6.45, 7) is 5.14. The average molecular weight is 417 g/mol. The van der Waals surface area contributed by atoms with E-state index in [0.29, 0.717) is 48.3 Å². The lowest BCUT2D eigenvalue weighted by atomic mass is 10.1. The first-order valence-corrected chi connectivity index (χ1v) is 9.73. The van der Waals surface area contributed by atoms with Crippen molar-refractivity contribution in [1.82, 2.24) is 19.9 Å². The molecule has 0 saturated heterocycles. The van der Waals surface area contributed by atoms with E-state index in [1.54, 1.807) is 4.52 Å². The number of amides is 1. The summed E-state index contributed by atoms with van der Waals surface area (Å²) >= 11 is 6.25. The zero-order valence-corrected chi connectivity index (χ0v) is 16.9. The van der Waals surface area contributed by atoms with Crippen LogP contribution in [-0.4, -0.2) is 40.3 Å². The molecule has 8 nitrogen and oxygen atoms in total. The summed E-state index contributed by atoms with van der Waals surface area (Å²) in [5.74, 6) is 1.09. The lowest BCUT2D eigenvalue weighted by molar-refractivity contribution is -0.120. The lowest BCUT2D eigenvalue weighted by Crippen LogP contribution is -2.28. The third kappa shape index (κ3) is 3.93. The molecule has 0 fully saturated rings. The zero-order chi connectivity index (χ0) is 20.5. The highest BCUT2D eigenvalue weighted by Gasteiger charge is 2.17. The molecule has 4 rings (SSSR count). The van der Waals surface area contributed by atoms with Gasteiger partial charge in [0.05, 0.1) is 11.4 Å². The average Bonchev–Trinajstić information content (AvgIpc) is 3.05.